The lowest BCUT2D eigenvalue weighted by Gasteiger charge is -2.11. The summed E-state index contributed by atoms with van der Waals surface area (Å²) in [4.78, 5) is 23.8. The van der Waals surface area contributed by atoms with Gasteiger partial charge >= 0.3 is 0 Å². The molecule has 0 saturated carbocycles. The number of non-ortho nitro benzene ring substituents is 1. The Kier molecular flexibility index (Phi) is 6.37. The lowest BCUT2D eigenvalue weighted by molar-refractivity contribution is -0.384. The van der Waals surface area contributed by atoms with Crippen LogP contribution in [0.15, 0.2) is 52.4 Å². The first-order valence-electron chi connectivity index (χ1n) is 9.85. The molecule has 0 aliphatic heterocycles. The van der Waals surface area contributed by atoms with Crippen molar-refractivity contribution in [3.63, 3.8) is 0 Å². The van der Waals surface area contributed by atoms with Gasteiger partial charge in [-0.05, 0) is 24.6 Å². The number of rotatable bonds is 9. The maximum absolute atomic E-state index is 13.1. The summed E-state index contributed by atoms with van der Waals surface area (Å²) in [6.45, 7) is 0.969. The van der Waals surface area contributed by atoms with Crippen molar-refractivity contribution >= 4 is 34.1 Å². The molecule has 0 atom stereocenters. The number of fused-ring (bicyclic) bond motifs is 3. The zero-order valence-electron chi connectivity index (χ0n) is 17.6. The molecule has 0 aliphatic carbocycles. The third-order valence-electron chi connectivity index (χ3n) is 5.04. The third-order valence-corrected chi connectivity index (χ3v) is 6.02. The Morgan fingerprint density at radius 1 is 1.16 bits per heavy atom. The van der Waals surface area contributed by atoms with Gasteiger partial charge in [0.25, 0.3) is 11.2 Å². The number of para-hydroxylation sites is 1. The normalized spacial score (nSPS) is 11.3. The fraction of sp³-hybridized carbons (Fsp3) is 0.286. The standard InChI is InChI=1S/C21H21N5O5S/c1-30-11-5-10-24-19(27)16-6-3-4-7-17(16)25-20(24)22-23-21(25)32-13-14-12-15(26(28)29)8-9-18(14)31-2/h3-4,6-9,12H,5,10-11,13H2,1-2H3. The van der Waals surface area contributed by atoms with E-state index < -0.39 is 4.92 Å². The number of nitro groups is 1. The van der Waals surface area contributed by atoms with Crippen LogP contribution in [0, 0.1) is 10.1 Å². The maximum Gasteiger partial charge on any atom is 0.270 e. The van der Waals surface area contributed by atoms with E-state index in [4.69, 9.17) is 9.47 Å². The van der Waals surface area contributed by atoms with Crippen molar-refractivity contribution in [1.82, 2.24) is 19.2 Å². The average molecular weight is 455 g/mol. The number of methoxy groups -OCH3 is 2. The van der Waals surface area contributed by atoms with Crippen LogP contribution in [-0.2, 0) is 17.0 Å². The van der Waals surface area contributed by atoms with Crippen molar-refractivity contribution in [1.29, 1.82) is 0 Å². The molecule has 0 fully saturated rings. The summed E-state index contributed by atoms with van der Waals surface area (Å²) < 4.78 is 13.9. The van der Waals surface area contributed by atoms with Gasteiger partial charge in [0.1, 0.15) is 5.75 Å². The number of thioether (sulfide) groups is 1. The monoisotopic (exact) mass is 455 g/mol. The van der Waals surface area contributed by atoms with E-state index in [0.29, 0.717) is 58.5 Å². The second kappa shape index (κ2) is 9.37. The second-order valence-electron chi connectivity index (χ2n) is 6.98. The number of aromatic nitrogens is 4. The number of hydrogen-bond acceptors (Lipinski definition) is 8. The molecule has 0 aliphatic rings. The summed E-state index contributed by atoms with van der Waals surface area (Å²) in [7, 11) is 3.14. The Balaban J connectivity index is 1.77. The number of nitrogens with zero attached hydrogens (tertiary/aromatic N) is 5. The van der Waals surface area contributed by atoms with E-state index in [2.05, 4.69) is 10.2 Å². The molecule has 166 valence electrons. The molecule has 32 heavy (non-hydrogen) atoms. The Labute approximate surface area is 186 Å². The predicted octanol–water partition coefficient (Wildman–Crippen LogP) is 3.29. The Bertz CT molecular complexity index is 1350. The van der Waals surface area contributed by atoms with Crippen LogP contribution >= 0.6 is 11.8 Å². The molecule has 10 nitrogen and oxygen atoms in total. The minimum absolute atomic E-state index is 0.00932. The number of hydrogen-bond donors (Lipinski definition) is 0. The zero-order chi connectivity index (χ0) is 22.7. The van der Waals surface area contributed by atoms with Gasteiger partial charge in [-0.15, -0.1) is 10.2 Å². The highest BCUT2D eigenvalue weighted by molar-refractivity contribution is 7.98. The molecule has 0 radical (unpaired) electrons. The molecule has 0 saturated heterocycles. The van der Waals surface area contributed by atoms with Crippen LogP contribution in [0.4, 0.5) is 5.69 Å². The van der Waals surface area contributed by atoms with Crippen LogP contribution in [0.3, 0.4) is 0 Å². The van der Waals surface area contributed by atoms with Crippen molar-refractivity contribution in [2.45, 2.75) is 23.9 Å². The molecule has 2 heterocycles. The molecule has 0 N–H and O–H groups in total. The highest BCUT2D eigenvalue weighted by Crippen LogP contribution is 2.31. The summed E-state index contributed by atoms with van der Waals surface area (Å²) in [6, 6.07) is 11.8. The van der Waals surface area contributed by atoms with Crippen LogP contribution in [0.2, 0.25) is 0 Å². The molecule has 11 heteroatoms. The Morgan fingerprint density at radius 2 is 1.97 bits per heavy atom. The number of nitro benzene ring substituents is 1. The van der Waals surface area contributed by atoms with Crippen LogP contribution in [-0.4, -0.2) is 44.9 Å². The minimum atomic E-state index is -0.438. The van der Waals surface area contributed by atoms with Crippen LogP contribution in [0.5, 0.6) is 5.75 Å². The lowest BCUT2D eigenvalue weighted by Crippen LogP contribution is -2.24. The zero-order valence-corrected chi connectivity index (χ0v) is 18.4. The van der Waals surface area contributed by atoms with Gasteiger partial charge in [-0.25, -0.2) is 0 Å². The van der Waals surface area contributed by atoms with E-state index in [0.717, 1.165) is 0 Å². The van der Waals surface area contributed by atoms with E-state index in [-0.39, 0.29) is 11.2 Å². The first kappa shape index (κ1) is 21.8. The number of aryl methyl sites for hydroxylation is 1. The molecular weight excluding hydrogens is 434 g/mol. The summed E-state index contributed by atoms with van der Waals surface area (Å²) in [5.74, 6) is 1.37. The molecule has 2 aromatic heterocycles. The van der Waals surface area contributed by atoms with Crippen molar-refractivity contribution in [3.05, 3.63) is 68.5 Å². The van der Waals surface area contributed by atoms with Gasteiger partial charge in [-0.3, -0.25) is 23.9 Å². The Morgan fingerprint density at radius 3 is 2.72 bits per heavy atom. The minimum Gasteiger partial charge on any atom is -0.496 e. The summed E-state index contributed by atoms with van der Waals surface area (Å²) in [5.41, 5.74) is 1.23. The third kappa shape index (κ3) is 4.04. The van der Waals surface area contributed by atoms with E-state index in [9.17, 15) is 14.9 Å². The molecule has 0 bridgehead atoms. The van der Waals surface area contributed by atoms with Gasteiger partial charge in [0, 0.05) is 43.7 Å². The number of ether oxygens (including phenoxy) is 2. The number of benzene rings is 2. The molecule has 0 unspecified atom stereocenters. The Hall–Kier alpha value is -3.44. The average Bonchev–Trinajstić information content (AvgIpc) is 3.23. The van der Waals surface area contributed by atoms with Crippen LogP contribution in [0.1, 0.15) is 12.0 Å². The smallest absolute Gasteiger partial charge is 0.270 e. The predicted molar refractivity (Wildman–Crippen MR) is 120 cm³/mol. The van der Waals surface area contributed by atoms with Gasteiger partial charge < -0.3 is 9.47 Å². The fourth-order valence-corrected chi connectivity index (χ4v) is 4.45. The van der Waals surface area contributed by atoms with Crippen molar-refractivity contribution in [3.8, 4) is 5.75 Å². The van der Waals surface area contributed by atoms with Crippen molar-refractivity contribution in [2.75, 3.05) is 20.8 Å². The van der Waals surface area contributed by atoms with Crippen molar-refractivity contribution in [2.24, 2.45) is 0 Å². The van der Waals surface area contributed by atoms with Gasteiger partial charge in [0.15, 0.2) is 5.16 Å². The van der Waals surface area contributed by atoms with E-state index >= 15 is 0 Å². The first-order valence-corrected chi connectivity index (χ1v) is 10.8. The molecule has 2 aromatic carbocycles. The molecule has 4 rings (SSSR count). The highest BCUT2D eigenvalue weighted by Gasteiger charge is 2.18. The van der Waals surface area contributed by atoms with Crippen LogP contribution in [0.25, 0.3) is 16.7 Å². The van der Waals surface area contributed by atoms with E-state index in [1.165, 1.54) is 31.0 Å². The highest BCUT2D eigenvalue weighted by atomic mass is 32.2. The lowest BCUT2D eigenvalue weighted by atomic mass is 10.2. The second-order valence-corrected chi connectivity index (χ2v) is 7.92. The van der Waals surface area contributed by atoms with Gasteiger partial charge in [-0.2, -0.15) is 0 Å². The van der Waals surface area contributed by atoms with E-state index in [1.807, 2.05) is 22.6 Å². The SMILES string of the molecule is COCCCn1c(=O)c2ccccc2n2c(SCc3cc([N+](=O)[O-])ccc3OC)nnc12. The summed E-state index contributed by atoms with van der Waals surface area (Å²) >= 11 is 1.36. The molecular formula is C21H21N5O5S. The first-order chi connectivity index (χ1) is 15.5. The van der Waals surface area contributed by atoms with Gasteiger partial charge in [-0.1, -0.05) is 23.9 Å². The van der Waals surface area contributed by atoms with Gasteiger partial charge in [0.05, 0.1) is 22.9 Å². The quantitative estimate of drug-likeness (QED) is 0.163. The molecule has 0 amide bonds. The van der Waals surface area contributed by atoms with E-state index in [1.54, 1.807) is 23.8 Å². The maximum atomic E-state index is 13.1. The van der Waals surface area contributed by atoms with Crippen LogP contribution < -0.4 is 10.3 Å². The largest absolute Gasteiger partial charge is 0.496 e. The molecule has 4 aromatic rings. The summed E-state index contributed by atoms with van der Waals surface area (Å²) in [6.07, 6.45) is 0.657. The fourth-order valence-electron chi connectivity index (χ4n) is 3.53. The van der Waals surface area contributed by atoms with Crippen molar-refractivity contribution < 1.29 is 14.4 Å². The van der Waals surface area contributed by atoms with Gasteiger partial charge in [0.2, 0.25) is 5.78 Å². The topological polar surface area (TPSA) is 114 Å². The molecule has 0 spiro atoms. The summed E-state index contributed by atoms with van der Waals surface area (Å²) in [5, 5.41) is 20.9.